The van der Waals surface area contributed by atoms with Crippen molar-refractivity contribution in [3.8, 4) is 0 Å². The second-order valence-corrected chi connectivity index (χ2v) is 7.82. The van der Waals surface area contributed by atoms with Crippen LogP contribution in [0.3, 0.4) is 0 Å². The van der Waals surface area contributed by atoms with Gasteiger partial charge in [0.25, 0.3) is 0 Å². The molecule has 1 aromatic carbocycles. The van der Waals surface area contributed by atoms with Crippen LogP contribution in [0.4, 0.5) is 0 Å². The highest BCUT2D eigenvalue weighted by Gasteiger charge is 2.27. The molecule has 164 valence electrons. The Balaban J connectivity index is 0.00000320. The number of carbonyl (C=O) groups excluding carboxylic acids is 1. The number of aromatic nitrogens is 2. The first-order valence-electron chi connectivity index (χ1n) is 10.4. The summed E-state index contributed by atoms with van der Waals surface area (Å²) in [7, 11) is 0. The van der Waals surface area contributed by atoms with Crippen LogP contribution in [0.25, 0.3) is 0 Å². The van der Waals surface area contributed by atoms with Crippen LogP contribution in [0.5, 0.6) is 0 Å². The smallest absolute Gasteiger partial charge is 0.225 e. The fraction of sp³-hybridized carbons (Fsp3) is 0.500. The lowest BCUT2D eigenvalue weighted by Crippen LogP contribution is -2.45. The van der Waals surface area contributed by atoms with Gasteiger partial charge in [-0.2, -0.15) is 0 Å². The molecular formula is C22H33IN6O. The molecule has 1 fully saturated rings. The van der Waals surface area contributed by atoms with Gasteiger partial charge in [0.1, 0.15) is 0 Å². The van der Waals surface area contributed by atoms with Crippen LogP contribution in [0, 0.1) is 5.92 Å². The van der Waals surface area contributed by atoms with Gasteiger partial charge in [-0.1, -0.05) is 38.1 Å². The average molecular weight is 524 g/mol. The van der Waals surface area contributed by atoms with E-state index in [0.29, 0.717) is 6.54 Å². The number of carbonyl (C=O) groups is 1. The molecule has 0 saturated carbocycles. The first-order valence-corrected chi connectivity index (χ1v) is 10.4. The molecule has 8 heteroatoms. The summed E-state index contributed by atoms with van der Waals surface area (Å²) in [5.41, 5.74) is 2.40. The molecule has 1 aliphatic rings. The number of imidazole rings is 1. The Morgan fingerprint density at radius 3 is 2.83 bits per heavy atom. The summed E-state index contributed by atoms with van der Waals surface area (Å²) in [6, 6.07) is 8.72. The van der Waals surface area contributed by atoms with Gasteiger partial charge in [0.15, 0.2) is 5.96 Å². The van der Waals surface area contributed by atoms with Crippen molar-refractivity contribution in [3.05, 3.63) is 54.1 Å². The second-order valence-electron chi connectivity index (χ2n) is 7.82. The molecule has 2 N–H and O–H groups in total. The van der Waals surface area contributed by atoms with Gasteiger partial charge in [-0.15, -0.1) is 24.0 Å². The van der Waals surface area contributed by atoms with E-state index in [1.165, 1.54) is 11.1 Å². The Bertz CT molecular complexity index is 821. The van der Waals surface area contributed by atoms with Crippen LogP contribution in [0.1, 0.15) is 38.3 Å². The Morgan fingerprint density at radius 1 is 1.33 bits per heavy atom. The minimum atomic E-state index is 0. The van der Waals surface area contributed by atoms with Crippen molar-refractivity contribution in [1.29, 1.82) is 0 Å². The van der Waals surface area contributed by atoms with E-state index in [4.69, 9.17) is 4.99 Å². The lowest BCUT2D eigenvalue weighted by molar-refractivity contribution is -0.133. The fourth-order valence-corrected chi connectivity index (χ4v) is 3.54. The molecule has 0 spiro atoms. The van der Waals surface area contributed by atoms with Crippen molar-refractivity contribution < 1.29 is 4.79 Å². The molecule has 1 aliphatic heterocycles. The molecule has 2 aromatic rings. The van der Waals surface area contributed by atoms with Crippen molar-refractivity contribution >= 4 is 35.8 Å². The standard InChI is InChI=1S/C22H32N6O.HI/c1-4-24-22(26-20-8-10-28(15-20)21(29)17(2)3)25-13-18-6-5-7-19(12-18)14-27-11-9-23-16-27;/h5-7,9,11-12,16-17,20H,4,8,10,13-15H2,1-3H3,(H2,24,25,26);1H. The number of likely N-dealkylation sites (tertiary alicyclic amines) is 1. The third-order valence-electron chi connectivity index (χ3n) is 5.01. The summed E-state index contributed by atoms with van der Waals surface area (Å²) in [5, 5.41) is 6.82. The number of amides is 1. The third-order valence-corrected chi connectivity index (χ3v) is 5.01. The zero-order chi connectivity index (χ0) is 20.6. The van der Waals surface area contributed by atoms with Gasteiger partial charge < -0.3 is 20.1 Å². The average Bonchev–Trinajstić information content (AvgIpc) is 3.38. The Morgan fingerprint density at radius 2 is 2.13 bits per heavy atom. The molecule has 0 bridgehead atoms. The summed E-state index contributed by atoms with van der Waals surface area (Å²) in [4.78, 5) is 23.0. The van der Waals surface area contributed by atoms with Gasteiger partial charge in [-0.25, -0.2) is 9.98 Å². The zero-order valence-electron chi connectivity index (χ0n) is 18.0. The van der Waals surface area contributed by atoms with Crippen molar-refractivity contribution in [3.63, 3.8) is 0 Å². The van der Waals surface area contributed by atoms with Crippen LogP contribution >= 0.6 is 24.0 Å². The van der Waals surface area contributed by atoms with E-state index in [1.54, 1.807) is 6.20 Å². The number of rotatable bonds is 7. The number of hydrogen-bond acceptors (Lipinski definition) is 3. The minimum absolute atomic E-state index is 0. The summed E-state index contributed by atoms with van der Waals surface area (Å²) >= 11 is 0. The van der Waals surface area contributed by atoms with Crippen LogP contribution in [-0.4, -0.2) is 52.0 Å². The monoisotopic (exact) mass is 524 g/mol. The molecule has 2 heterocycles. The molecule has 3 rings (SSSR count). The van der Waals surface area contributed by atoms with Crippen molar-refractivity contribution in [1.82, 2.24) is 25.1 Å². The number of nitrogens with zero attached hydrogens (tertiary/aromatic N) is 4. The van der Waals surface area contributed by atoms with Crippen LogP contribution in [0.15, 0.2) is 48.0 Å². The van der Waals surface area contributed by atoms with E-state index in [9.17, 15) is 4.79 Å². The summed E-state index contributed by atoms with van der Waals surface area (Å²) in [6.07, 6.45) is 6.53. The highest BCUT2D eigenvalue weighted by Crippen LogP contribution is 2.13. The van der Waals surface area contributed by atoms with Gasteiger partial charge >= 0.3 is 0 Å². The maximum atomic E-state index is 12.2. The number of aliphatic imine (C=N–C) groups is 1. The van der Waals surface area contributed by atoms with Crippen LogP contribution < -0.4 is 10.6 Å². The number of nitrogens with one attached hydrogen (secondary N) is 2. The normalized spacial score (nSPS) is 16.5. The molecular weight excluding hydrogens is 491 g/mol. The highest BCUT2D eigenvalue weighted by molar-refractivity contribution is 14.0. The van der Waals surface area contributed by atoms with E-state index < -0.39 is 0 Å². The Kier molecular flexibility index (Phi) is 9.61. The number of guanidine groups is 1. The second kappa shape index (κ2) is 11.9. The largest absolute Gasteiger partial charge is 0.357 e. The SMILES string of the molecule is CCNC(=NCc1cccc(Cn2ccnc2)c1)NC1CCN(C(=O)C(C)C)C1.I. The van der Waals surface area contributed by atoms with Crippen LogP contribution in [-0.2, 0) is 17.9 Å². The van der Waals surface area contributed by atoms with Gasteiger partial charge in [0.2, 0.25) is 5.91 Å². The number of hydrogen-bond donors (Lipinski definition) is 2. The van der Waals surface area contributed by atoms with Crippen molar-refractivity contribution in [2.24, 2.45) is 10.9 Å². The van der Waals surface area contributed by atoms with E-state index >= 15 is 0 Å². The van der Waals surface area contributed by atoms with E-state index in [-0.39, 0.29) is 41.8 Å². The first kappa shape index (κ1) is 24.2. The predicted octanol–water partition coefficient (Wildman–Crippen LogP) is 2.86. The zero-order valence-corrected chi connectivity index (χ0v) is 20.4. The molecule has 1 aromatic heterocycles. The number of halogens is 1. The lowest BCUT2D eigenvalue weighted by Gasteiger charge is -2.20. The highest BCUT2D eigenvalue weighted by atomic mass is 127. The predicted molar refractivity (Wildman–Crippen MR) is 131 cm³/mol. The fourth-order valence-electron chi connectivity index (χ4n) is 3.54. The molecule has 1 amide bonds. The lowest BCUT2D eigenvalue weighted by atomic mass is 10.1. The summed E-state index contributed by atoms with van der Waals surface area (Å²) < 4.78 is 2.05. The molecule has 1 atom stereocenters. The molecule has 0 radical (unpaired) electrons. The van der Waals surface area contributed by atoms with Crippen LogP contribution in [0.2, 0.25) is 0 Å². The quantitative estimate of drug-likeness (QED) is 0.332. The molecule has 1 saturated heterocycles. The molecule has 30 heavy (non-hydrogen) atoms. The van der Waals surface area contributed by atoms with E-state index in [1.807, 2.05) is 31.3 Å². The maximum Gasteiger partial charge on any atom is 0.225 e. The summed E-state index contributed by atoms with van der Waals surface area (Å²) in [5.74, 6) is 1.08. The topological polar surface area (TPSA) is 74.6 Å². The third kappa shape index (κ3) is 7.00. The molecule has 1 unspecified atom stereocenters. The van der Waals surface area contributed by atoms with Gasteiger partial charge in [-0.05, 0) is 24.5 Å². The first-order chi connectivity index (χ1) is 14.0. The van der Waals surface area contributed by atoms with E-state index in [2.05, 4.69) is 51.4 Å². The molecule has 7 nitrogen and oxygen atoms in total. The minimum Gasteiger partial charge on any atom is -0.357 e. The van der Waals surface area contributed by atoms with E-state index in [0.717, 1.165) is 38.6 Å². The van der Waals surface area contributed by atoms with Gasteiger partial charge in [0, 0.05) is 50.5 Å². The Hall–Kier alpha value is -2.10. The van der Waals surface area contributed by atoms with Gasteiger partial charge in [0.05, 0.1) is 12.9 Å². The Labute approximate surface area is 196 Å². The summed E-state index contributed by atoms with van der Waals surface area (Å²) in [6.45, 7) is 9.73. The maximum absolute atomic E-state index is 12.2. The van der Waals surface area contributed by atoms with Crippen molar-refractivity contribution in [2.45, 2.75) is 46.3 Å². The van der Waals surface area contributed by atoms with Gasteiger partial charge in [-0.3, -0.25) is 4.79 Å². The van der Waals surface area contributed by atoms with Crippen molar-refractivity contribution in [2.75, 3.05) is 19.6 Å². The number of benzene rings is 1. The molecule has 0 aliphatic carbocycles.